The Morgan fingerprint density at radius 1 is 1.04 bits per heavy atom. The van der Waals surface area contributed by atoms with Crippen LogP contribution in [-0.4, -0.2) is 29.8 Å². The molecule has 4 rings (SSSR count). The number of hydrogen-bond acceptors (Lipinski definition) is 3. The van der Waals surface area contributed by atoms with Gasteiger partial charge in [-0.1, -0.05) is 74.2 Å². The molecular weight excluding hydrogens is 354 g/mol. The fourth-order valence-electron chi connectivity index (χ4n) is 4.06. The van der Waals surface area contributed by atoms with Crippen molar-refractivity contribution in [1.29, 1.82) is 0 Å². The predicted molar refractivity (Wildman–Crippen MR) is 106 cm³/mol. The number of carbonyl (C=O) groups excluding carboxylic acids is 1. The molecule has 1 fully saturated rings. The first-order valence-electron chi connectivity index (χ1n) is 9.98. The number of aliphatic carboxylic acids is 1. The van der Waals surface area contributed by atoms with Crippen LogP contribution in [0.2, 0.25) is 0 Å². The van der Waals surface area contributed by atoms with Crippen LogP contribution in [0.25, 0.3) is 11.1 Å². The van der Waals surface area contributed by atoms with E-state index in [2.05, 4.69) is 29.6 Å². The summed E-state index contributed by atoms with van der Waals surface area (Å²) in [6.45, 7) is 0.189. The molecule has 2 aromatic rings. The Balaban J connectivity index is 1.36. The van der Waals surface area contributed by atoms with Gasteiger partial charge in [0.2, 0.25) is 0 Å². The van der Waals surface area contributed by atoms with Gasteiger partial charge in [-0.15, -0.1) is 0 Å². The van der Waals surface area contributed by atoms with Gasteiger partial charge in [-0.05, 0) is 34.6 Å². The van der Waals surface area contributed by atoms with Crippen molar-refractivity contribution in [3.05, 3.63) is 59.7 Å². The highest BCUT2D eigenvalue weighted by molar-refractivity contribution is 5.81. The quantitative estimate of drug-likeness (QED) is 0.705. The standard InChI is InChI=1S/C23H25NO4/c25-22(26)21(11-5-6-15-12-13-15)24-23(27)28-14-20-18-9-3-1-7-16(18)17-8-2-4-10-19(17)20/h1-4,7-10,15,20-21H,5-6,11-14H2,(H,24,27)(H,25,26). The zero-order valence-corrected chi connectivity index (χ0v) is 15.8. The molecule has 1 unspecified atom stereocenters. The van der Waals surface area contributed by atoms with Gasteiger partial charge in [0.05, 0.1) is 0 Å². The van der Waals surface area contributed by atoms with Crippen molar-refractivity contribution in [3.8, 4) is 11.1 Å². The Morgan fingerprint density at radius 3 is 2.21 bits per heavy atom. The third-order valence-electron chi connectivity index (χ3n) is 5.74. The Kier molecular flexibility index (Phi) is 5.33. The Bertz CT molecular complexity index is 829. The average molecular weight is 379 g/mol. The van der Waals surface area contributed by atoms with E-state index >= 15 is 0 Å². The predicted octanol–water partition coefficient (Wildman–Crippen LogP) is 4.56. The second-order valence-corrected chi connectivity index (χ2v) is 7.73. The molecule has 0 bridgehead atoms. The highest BCUT2D eigenvalue weighted by Gasteiger charge is 2.30. The molecule has 0 aromatic heterocycles. The van der Waals surface area contributed by atoms with Gasteiger partial charge < -0.3 is 15.2 Å². The molecule has 2 aliphatic carbocycles. The number of alkyl carbamates (subject to hydrolysis) is 1. The van der Waals surface area contributed by atoms with Crippen LogP contribution in [0.3, 0.4) is 0 Å². The van der Waals surface area contributed by atoms with E-state index in [0.29, 0.717) is 6.42 Å². The van der Waals surface area contributed by atoms with E-state index in [1.807, 2.05) is 24.3 Å². The van der Waals surface area contributed by atoms with Crippen molar-refractivity contribution in [3.63, 3.8) is 0 Å². The fourth-order valence-corrected chi connectivity index (χ4v) is 4.06. The Labute approximate surface area is 164 Å². The van der Waals surface area contributed by atoms with Crippen LogP contribution in [0, 0.1) is 5.92 Å². The van der Waals surface area contributed by atoms with E-state index in [1.54, 1.807) is 0 Å². The van der Waals surface area contributed by atoms with Crippen LogP contribution in [0.5, 0.6) is 0 Å². The molecule has 1 atom stereocenters. The zero-order valence-electron chi connectivity index (χ0n) is 15.8. The van der Waals surface area contributed by atoms with Gasteiger partial charge in [-0.2, -0.15) is 0 Å². The summed E-state index contributed by atoms with van der Waals surface area (Å²) in [5.74, 6) is -0.288. The lowest BCUT2D eigenvalue weighted by Crippen LogP contribution is -2.41. The number of benzene rings is 2. The molecule has 0 spiro atoms. The number of nitrogens with one attached hydrogen (secondary N) is 1. The topological polar surface area (TPSA) is 75.6 Å². The summed E-state index contributed by atoms with van der Waals surface area (Å²) in [5.41, 5.74) is 4.60. The summed E-state index contributed by atoms with van der Waals surface area (Å²) < 4.78 is 5.45. The zero-order chi connectivity index (χ0) is 19.5. The summed E-state index contributed by atoms with van der Waals surface area (Å²) in [6, 6.07) is 15.3. The first-order chi connectivity index (χ1) is 13.6. The van der Waals surface area contributed by atoms with Gasteiger partial charge in [-0.3, -0.25) is 0 Å². The summed E-state index contributed by atoms with van der Waals surface area (Å²) in [4.78, 5) is 23.7. The van der Waals surface area contributed by atoms with Gasteiger partial charge in [0.15, 0.2) is 0 Å². The molecular formula is C23H25NO4. The van der Waals surface area contributed by atoms with E-state index in [-0.39, 0.29) is 12.5 Å². The van der Waals surface area contributed by atoms with Gasteiger partial charge >= 0.3 is 12.1 Å². The van der Waals surface area contributed by atoms with Crippen LogP contribution in [0.4, 0.5) is 4.79 Å². The number of hydrogen-bond donors (Lipinski definition) is 2. The minimum Gasteiger partial charge on any atom is -0.480 e. The first-order valence-corrected chi connectivity index (χ1v) is 9.98. The maximum absolute atomic E-state index is 12.3. The molecule has 2 aromatic carbocycles. The summed E-state index contributed by atoms with van der Waals surface area (Å²) in [6.07, 6.45) is 4.12. The van der Waals surface area contributed by atoms with Crippen LogP contribution in [0.1, 0.15) is 49.1 Å². The smallest absolute Gasteiger partial charge is 0.407 e. The van der Waals surface area contributed by atoms with Gasteiger partial charge in [0.25, 0.3) is 0 Å². The maximum Gasteiger partial charge on any atom is 0.407 e. The summed E-state index contributed by atoms with van der Waals surface area (Å²) in [7, 11) is 0. The maximum atomic E-state index is 12.3. The first kappa shape index (κ1) is 18.5. The van der Waals surface area contributed by atoms with E-state index < -0.39 is 18.1 Å². The molecule has 0 saturated heterocycles. The number of rotatable bonds is 8. The molecule has 2 aliphatic rings. The lowest BCUT2D eigenvalue weighted by molar-refractivity contribution is -0.139. The highest BCUT2D eigenvalue weighted by Crippen LogP contribution is 2.44. The summed E-state index contributed by atoms with van der Waals surface area (Å²) in [5, 5.41) is 11.9. The van der Waals surface area contributed by atoms with Crippen molar-refractivity contribution < 1.29 is 19.4 Å². The lowest BCUT2D eigenvalue weighted by Gasteiger charge is -2.17. The second kappa shape index (κ2) is 8.05. The summed E-state index contributed by atoms with van der Waals surface area (Å²) >= 11 is 0. The van der Waals surface area contributed by atoms with E-state index in [1.165, 1.54) is 12.8 Å². The van der Waals surface area contributed by atoms with Crippen molar-refractivity contribution in [2.75, 3.05) is 6.61 Å². The number of amides is 1. The normalized spacial score (nSPS) is 16.1. The monoisotopic (exact) mass is 379 g/mol. The van der Waals surface area contributed by atoms with Crippen molar-refractivity contribution in [2.24, 2.45) is 5.92 Å². The van der Waals surface area contributed by atoms with Crippen LogP contribution in [0.15, 0.2) is 48.5 Å². The number of carboxylic acid groups (broad SMARTS) is 1. The molecule has 1 amide bonds. The number of fused-ring (bicyclic) bond motifs is 3. The van der Waals surface area contributed by atoms with Gasteiger partial charge in [0.1, 0.15) is 12.6 Å². The third-order valence-corrected chi connectivity index (χ3v) is 5.74. The number of carboxylic acids is 1. The minimum atomic E-state index is -1.01. The molecule has 5 nitrogen and oxygen atoms in total. The molecule has 2 N–H and O–H groups in total. The molecule has 0 radical (unpaired) electrons. The minimum absolute atomic E-state index is 0.0312. The number of ether oxygens (including phenoxy) is 1. The SMILES string of the molecule is O=C(NC(CCCC1CC1)C(=O)O)OCC1c2ccccc2-c2ccccc21. The average Bonchev–Trinajstić information content (AvgIpc) is 3.47. The largest absolute Gasteiger partial charge is 0.480 e. The lowest BCUT2D eigenvalue weighted by atomic mass is 9.98. The Morgan fingerprint density at radius 2 is 1.64 bits per heavy atom. The molecule has 146 valence electrons. The van der Waals surface area contributed by atoms with Crippen LogP contribution < -0.4 is 5.32 Å². The second-order valence-electron chi connectivity index (χ2n) is 7.73. The van der Waals surface area contributed by atoms with E-state index in [0.717, 1.165) is 41.0 Å². The molecule has 0 heterocycles. The Hall–Kier alpha value is -2.82. The molecule has 1 saturated carbocycles. The fraction of sp³-hybridized carbons (Fsp3) is 0.391. The molecule has 0 aliphatic heterocycles. The van der Waals surface area contributed by atoms with Crippen molar-refractivity contribution >= 4 is 12.1 Å². The van der Waals surface area contributed by atoms with Crippen molar-refractivity contribution in [2.45, 2.75) is 44.1 Å². The van der Waals surface area contributed by atoms with E-state index in [4.69, 9.17) is 4.74 Å². The number of carbonyl (C=O) groups is 2. The van der Waals surface area contributed by atoms with Crippen LogP contribution in [-0.2, 0) is 9.53 Å². The van der Waals surface area contributed by atoms with E-state index in [9.17, 15) is 14.7 Å². The van der Waals surface area contributed by atoms with Gasteiger partial charge in [0, 0.05) is 5.92 Å². The van der Waals surface area contributed by atoms with Gasteiger partial charge in [-0.25, -0.2) is 9.59 Å². The van der Waals surface area contributed by atoms with Crippen molar-refractivity contribution in [1.82, 2.24) is 5.32 Å². The third kappa shape index (κ3) is 4.03. The molecule has 5 heteroatoms. The highest BCUT2D eigenvalue weighted by atomic mass is 16.5. The van der Waals surface area contributed by atoms with Crippen LogP contribution >= 0.6 is 0 Å². The molecule has 28 heavy (non-hydrogen) atoms.